The van der Waals surface area contributed by atoms with Crippen molar-refractivity contribution in [3.8, 4) is 11.3 Å². The number of nitrogens with zero attached hydrogens (tertiary/aromatic N) is 2. The molecule has 2 heterocycles. The van der Waals surface area contributed by atoms with Gasteiger partial charge >= 0.3 is 5.97 Å². The van der Waals surface area contributed by atoms with Crippen molar-refractivity contribution in [2.24, 2.45) is 0 Å². The number of rotatable bonds is 6. The lowest BCUT2D eigenvalue weighted by atomic mass is 10.2. The molecule has 0 unspecified atom stereocenters. The van der Waals surface area contributed by atoms with E-state index in [-0.39, 0.29) is 12.4 Å². The van der Waals surface area contributed by atoms with Gasteiger partial charge in [-0.05, 0) is 36.4 Å². The molecular formula is C19H13ClN2O4S. The lowest BCUT2D eigenvalue weighted by molar-refractivity contribution is -0.141. The van der Waals surface area contributed by atoms with E-state index in [9.17, 15) is 4.79 Å². The fourth-order valence-electron chi connectivity index (χ4n) is 2.36. The van der Waals surface area contributed by atoms with Gasteiger partial charge in [-0.1, -0.05) is 40.7 Å². The third-order valence-electron chi connectivity index (χ3n) is 3.66. The summed E-state index contributed by atoms with van der Waals surface area (Å²) in [5.74, 6) is 0.284. The van der Waals surface area contributed by atoms with E-state index in [1.165, 1.54) is 11.8 Å². The molecule has 0 bridgehead atoms. The van der Waals surface area contributed by atoms with Crippen LogP contribution in [0.3, 0.4) is 0 Å². The summed E-state index contributed by atoms with van der Waals surface area (Å²) in [7, 11) is 0. The second-order valence-electron chi connectivity index (χ2n) is 5.59. The first kappa shape index (κ1) is 17.6. The fourth-order valence-corrected chi connectivity index (χ4v) is 3.12. The third-order valence-corrected chi connectivity index (χ3v) is 4.71. The molecule has 4 rings (SSSR count). The van der Waals surface area contributed by atoms with Crippen LogP contribution in [0.25, 0.3) is 22.4 Å². The number of carbonyl (C=O) groups excluding carboxylic acids is 1. The Bertz CT molecular complexity index is 1040. The van der Waals surface area contributed by atoms with Crippen molar-refractivity contribution in [3.63, 3.8) is 0 Å². The maximum atomic E-state index is 11.9. The normalized spacial score (nSPS) is 11.0. The highest BCUT2D eigenvalue weighted by molar-refractivity contribution is 7.99. The van der Waals surface area contributed by atoms with Gasteiger partial charge in [0.25, 0.3) is 5.22 Å². The number of hydrogen-bond acceptors (Lipinski definition) is 7. The molecule has 2 aromatic heterocycles. The predicted octanol–water partition coefficient (Wildman–Crippen LogP) is 4.97. The van der Waals surface area contributed by atoms with E-state index in [0.29, 0.717) is 27.3 Å². The lowest BCUT2D eigenvalue weighted by Gasteiger charge is -2.00. The Kier molecular flexibility index (Phi) is 5.13. The maximum absolute atomic E-state index is 11.9. The maximum Gasteiger partial charge on any atom is 0.316 e. The van der Waals surface area contributed by atoms with Crippen LogP contribution in [-0.4, -0.2) is 21.9 Å². The first-order valence-electron chi connectivity index (χ1n) is 8.03. The Morgan fingerprint density at radius 1 is 1.15 bits per heavy atom. The number of carbonyl (C=O) groups is 1. The average Bonchev–Trinajstić information content (AvgIpc) is 3.32. The molecule has 0 atom stereocenters. The number of fused-ring (bicyclic) bond motifs is 1. The topological polar surface area (TPSA) is 78.4 Å². The molecule has 4 aromatic rings. The van der Waals surface area contributed by atoms with Gasteiger partial charge in [0, 0.05) is 16.7 Å². The number of halogens is 1. The van der Waals surface area contributed by atoms with Crippen molar-refractivity contribution < 1.29 is 18.5 Å². The van der Waals surface area contributed by atoms with Crippen LogP contribution in [0.1, 0.15) is 5.69 Å². The number of para-hydroxylation sites is 2. The molecule has 0 saturated carbocycles. The van der Waals surface area contributed by atoms with E-state index in [4.69, 9.17) is 25.3 Å². The fraction of sp³-hybridized carbons (Fsp3) is 0.105. The smallest absolute Gasteiger partial charge is 0.316 e. The molecule has 6 nitrogen and oxygen atoms in total. The summed E-state index contributed by atoms with van der Waals surface area (Å²) < 4.78 is 16.0. The lowest BCUT2D eigenvalue weighted by Crippen LogP contribution is -2.07. The van der Waals surface area contributed by atoms with Crippen molar-refractivity contribution in [3.05, 3.63) is 65.3 Å². The number of esters is 1. The van der Waals surface area contributed by atoms with Gasteiger partial charge < -0.3 is 13.7 Å². The van der Waals surface area contributed by atoms with Gasteiger partial charge in [-0.15, -0.1) is 0 Å². The van der Waals surface area contributed by atoms with Gasteiger partial charge in [0.05, 0.1) is 0 Å². The number of aromatic nitrogens is 2. The molecule has 0 spiro atoms. The Morgan fingerprint density at radius 3 is 2.78 bits per heavy atom. The van der Waals surface area contributed by atoms with E-state index in [0.717, 1.165) is 11.1 Å². The van der Waals surface area contributed by atoms with Crippen LogP contribution < -0.4 is 0 Å². The predicted molar refractivity (Wildman–Crippen MR) is 101 cm³/mol. The standard InChI is InChI=1S/C19H13ClN2O4S/c20-13-7-5-12(6-8-13)17-9-14(22-26-17)10-24-18(23)11-27-19-21-15-3-1-2-4-16(15)25-19/h1-9H,10-11H2. The van der Waals surface area contributed by atoms with Crippen molar-refractivity contribution in [1.29, 1.82) is 0 Å². The van der Waals surface area contributed by atoms with E-state index < -0.39 is 5.97 Å². The monoisotopic (exact) mass is 400 g/mol. The largest absolute Gasteiger partial charge is 0.458 e. The second kappa shape index (κ2) is 7.85. The molecule has 0 aliphatic carbocycles. The molecule has 0 saturated heterocycles. The van der Waals surface area contributed by atoms with Gasteiger partial charge in [-0.2, -0.15) is 0 Å². The minimum Gasteiger partial charge on any atom is -0.458 e. The van der Waals surface area contributed by atoms with Crippen molar-refractivity contribution in [1.82, 2.24) is 10.1 Å². The number of thioether (sulfide) groups is 1. The molecule has 0 amide bonds. The summed E-state index contributed by atoms with van der Waals surface area (Å²) in [5, 5.41) is 4.98. The minimum absolute atomic E-state index is 0.0318. The van der Waals surface area contributed by atoms with Gasteiger partial charge in [0.15, 0.2) is 11.3 Å². The first-order valence-corrected chi connectivity index (χ1v) is 9.39. The average molecular weight is 401 g/mol. The Hall–Kier alpha value is -2.77. The van der Waals surface area contributed by atoms with Crippen LogP contribution in [0, 0.1) is 0 Å². The van der Waals surface area contributed by atoms with E-state index in [1.807, 2.05) is 36.4 Å². The van der Waals surface area contributed by atoms with E-state index in [2.05, 4.69) is 10.1 Å². The van der Waals surface area contributed by atoms with Crippen molar-refractivity contribution >= 4 is 40.4 Å². The molecule has 0 N–H and O–H groups in total. The molecule has 136 valence electrons. The zero-order valence-electron chi connectivity index (χ0n) is 13.9. The summed E-state index contributed by atoms with van der Waals surface area (Å²) in [4.78, 5) is 16.2. The Balaban J connectivity index is 1.29. The minimum atomic E-state index is -0.390. The zero-order chi connectivity index (χ0) is 18.6. The summed E-state index contributed by atoms with van der Waals surface area (Å²) in [6.45, 7) is 0.0318. The van der Waals surface area contributed by atoms with Crippen molar-refractivity contribution in [2.75, 3.05) is 5.75 Å². The molecule has 0 aliphatic heterocycles. The van der Waals surface area contributed by atoms with Crippen LogP contribution in [0.5, 0.6) is 0 Å². The SMILES string of the molecule is O=C(CSc1nc2ccccc2o1)OCc1cc(-c2ccc(Cl)cc2)on1. The molecular weight excluding hydrogens is 388 g/mol. The quantitative estimate of drug-likeness (QED) is 0.334. The number of hydrogen-bond donors (Lipinski definition) is 0. The highest BCUT2D eigenvalue weighted by atomic mass is 35.5. The van der Waals surface area contributed by atoms with Gasteiger partial charge in [-0.25, -0.2) is 4.98 Å². The van der Waals surface area contributed by atoms with Crippen LogP contribution in [0.15, 0.2) is 68.8 Å². The summed E-state index contributed by atoms with van der Waals surface area (Å²) in [6, 6.07) is 16.3. The third kappa shape index (κ3) is 4.32. The van der Waals surface area contributed by atoms with Gasteiger partial charge in [0.1, 0.15) is 23.6 Å². The highest BCUT2D eigenvalue weighted by Gasteiger charge is 2.12. The van der Waals surface area contributed by atoms with Gasteiger partial charge in [0.2, 0.25) is 0 Å². The molecule has 2 aromatic carbocycles. The molecule has 0 aliphatic rings. The number of ether oxygens (including phenoxy) is 1. The summed E-state index contributed by atoms with van der Waals surface area (Å²) in [6.07, 6.45) is 0. The second-order valence-corrected chi connectivity index (χ2v) is 6.95. The van der Waals surface area contributed by atoms with Crippen LogP contribution in [0.4, 0.5) is 0 Å². The molecule has 0 fully saturated rings. The summed E-state index contributed by atoms with van der Waals surface area (Å²) in [5.41, 5.74) is 2.81. The highest BCUT2D eigenvalue weighted by Crippen LogP contribution is 2.24. The van der Waals surface area contributed by atoms with Crippen LogP contribution >= 0.6 is 23.4 Å². The zero-order valence-corrected chi connectivity index (χ0v) is 15.5. The van der Waals surface area contributed by atoms with Crippen LogP contribution in [-0.2, 0) is 16.1 Å². The van der Waals surface area contributed by atoms with Gasteiger partial charge in [-0.3, -0.25) is 4.79 Å². The van der Waals surface area contributed by atoms with E-state index >= 15 is 0 Å². The Morgan fingerprint density at radius 2 is 1.96 bits per heavy atom. The van der Waals surface area contributed by atoms with E-state index in [1.54, 1.807) is 18.2 Å². The number of oxazole rings is 1. The molecule has 0 radical (unpaired) electrons. The van der Waals surface area contributed by atoms with Crippen molar-refractivity contribution in [2.45, 2.75) is 11.8 Å². The molecule has 8 heteroatoms. The molecule has 27 heavy (non-hydrogen) atoms. The summed E-state index contributed by atoms with van der Waals surface area (Å²) >= 11 is 7.05. The number of benzene rings is 2. The Labute approximate surface area is 163 Å². The first-order chi connectivity index (χ1) is 13.2. The van der Waals surface area contributed by atoms with Crippen LogP contribution in [0.2, 0.25) is 5.02 Å².